The summed E-state index contributed by atoms with van der Waals surface area (Å²) in [6, 6.07) is 0. The second kappa shape index (κ2) is 9.37. The Balaban J connectivity index is 0.00000131. The minimum absolute atomic E-state index is 0. The number of aromatic nitrogens is 3. The largest absolute Gasteiger partial charge is 0.339 e. The summed E-state index contributed by atoms with van der Waals surface area (Å²) in [6.07, 6.45) is 8.66. The number of thiazole rings is 1. The van der Waals surface area contributed by atoms with Gasteiger partial charge in [0.1, 0.15) is 5.01 Å². The number of amides is 1. The van der Waals surface area contributed by atoms with Crippen LogP contribution in [0.2, 0.25) is 0 Å². The van der Waals surface area contributed by atoms with Crippen LogP contribution < -0.4 is 5.32 Å². The predicted molar refractivity (Wildman–Crippen MR) is 112 cm³/mol. The average molecular weight is 432 g/mol. The Hall–Kier alpha value is -1.15. The van der Waals surface area contributed by atoms with E-state index < -0.39 is 0 Å². The molecular formula is C18H27Cl2N5OS. The molecule has 1 N–H and O–H groups in total. The monoisotopic (exact) mass is 431 g/mol. The van der Waals surface area contributed by atoms with E-state index in [9.17, 15) is 4.79 Å². The zero-order valence-electron chi connectivity index (χ0n) is 15.7. The highest BCUT2D eigenvalue weighted by atomic mass is 35.5. The van der Waals surface area contributed by atoms with E-state index in [1.54, 1.807) is 16.0 Å². The molecule has 1 fully saturated rings. The number of hydrogen-bond acceptors (Lipinski definition) is 5. The first-order valence-electron chi connectivity index (χ1n) is 9.03. The minimum Gasteiger partial charge on any atom is -0.339 e. The van der Waals surface area contributed by atoms with Gasteiger partial charge in [-0.05, 0) is 31.2 Å². The van der Waals surface area contributed by atoms with Gasteiger partial charge in [0.2, 0.25) is 5.91 Å². The maximum Gasteiger partial charge on any atom is 0.227 e. The predicted octanol–water partition coefficient (Wildman–Crippen LogP) is 2.56. The maximum atomic E-state index is 13.0. The van der Waals surface area contributed by atoms with Crippen molar-refractivity contribution < 1.29 is 4.79 Å². The molecule has 2 atom stereocenters. The fourth-order valence-electron chi connectivity index (χ4n) is 3.96. The molecule has 0 radical (unpaired) electrons. The van der Waals surface area contributed by atoms with E-state index in [4.69, 9.17) is 4.98 Å². The van der Waals surface area contributed by atoms with Crippen molar-refractivity contribution in [3.05, 3.63) is 33.5 Å². The highest BCUT2D eigenvalue weighted by Gasteiger charge is 2.36. The molecule has 0 bridgehead atoms. The number of hydrogen-bond donors (Lipinski definition) is 1. The van der Waals surface area contributed by atoms with E-state index in [-0.39, 0.29) is 42.6 Å². The molecule has 0 saturated carbocycles. The van der Waals surface area contributed by atoms with Crippen molar-refractivity contribution in [3.8, 4) is 0 Å². The lowest BCUT2D eigenvalue weighted by atomic mass is 9.90. The van der Waals surface area contributed by atoms with Crippen molar-refractivity contribution in [2.75, 3.05) is 20.1 Å². The van der Waals surface area contributed by atoms with Crippen LogP contribution in [0.3, 0.4) is 0 Å². The fraction of sp³-hybridized carbons (Fsp3) is 0.611. The second-order valence-electron chi connectivity index (χ2n) is 7.20. The maximum absolute atomic E-state index is 13.0. The molecule has 1 aliphatic heterocycles. The van der Waals surface area contributed by atoms with Gasteiger partial charge in [-0.1, -0.05) is 0 Å². The number of aryl methyl sites for hydroxylation is 3. The van der Waals surface area contributed by atoms with Crippen LogP contribution in [0.5, 0.6) is 0 Å². The van der Waals surface area contributed by atoms with Crippen LogP contribution >= 0.6 is 36.2 Å². The number of halogens is 2. The van der Waals surface area contributed by atoms with Gasteiger partial charge in [-0.2, -0.15) is 5.10 Å². The third-order valence-corrected chi connectivity index (χ3v) is 6.47. The molecule has 2 aliphatic rings. The average Bonchev–Trinajstić information content (AvgIpc) is 3.31. The molecule has 2 aromatic heterocycles. The van der Waals surface area contributed by atoms with Crippen LogP contribution in [0, 0.1) is 5.92 Å². The van der Waals surface area contributed by atoms with E-state index >= 15 is 0 Å². The van der Waals surface area contributed by atoms with Gasteiger partial charge in [-0.3, -0.25) is 9.48 Å². The Kier molecular flexibility index (Phi) is 7.68. The van der Waals surface area contributed by atoms with Crippen molar-refractivity contribution in [2.24, 2.45) is 13.0 Å². The summed E-state index contributed by atoms with van der Waals surface area (Å²) >= 11 is 1.79. The minimum atomic E-state index is -0.0243. The summed E-state index contributed by atoms with van der Waals surface area (Å²) in [6.45, 7) is 2.19. The number of rotatable bonds is 4. The van der Waals surface area contributed by atoms with Gasteiger partial charge in [0.25, 0.3) is 0 Å². The molecule has 6 nitrogen and oxygen atoms in total. The molecule has 2 aromatic rings. The number of carbonyl (C=O) groups is 1. The third-order valence-electron chi connectivity index (χ3n) is 5.32. The molecular weight excluding hydrogens is 405 g/mol. The van der Waals surface area contributed by atoms with E-state index in [2.05, 4.69) is 10.4 Å². The fourth-order valence-corrected chi connectivity index (χ4v) is 5.17. The van der Waals surface area contributed by atoms with Crippen molar-refractivity contribution in [3.63, 3.8) is 0 Å². The molecule has 3 heterocycles. The van der Waals surface area contributed by atoms with Crippen LogP contribution in [0.15, 0.2) is 12.4 Å². The van der Waals surface area contributed by atoms with E-state index in [0.717, 1.165) is 36.5 Å². The Morgan fingerprint density at radius 3 is 2.81 bits per heavy atom. The number of nitrogens with one attached hydrogen (secondary N) is 1. The lowest BCUT2D eigenvalue weighted by Crippen LogP contribution is -2.35. The summed E-state index contributed by atoms with van der Waals surface area (Å²) in [7, 11) is 3.82. The molecule has 27 heavy (non-hydrogen) atoms. The summed E-state index contributed by atoms with van der Waals surface area (Å²) in [5, 5.41) is 8.71. The molecule has 4 rings (SSSR count). The van der Waals surface area contributed by atoms with Crippen molar-refractivity contribution >= 4 is 42.1 Å². The Bertz CT molecular complexity index is 754. The summed E-state index contributed by atoms with van der Waals surface area (Å²) in [5.41, 5.74) is 2.41. The van der Waals surface area contributed by atoms with Gasteiger partial charge in [0.05, 0.1) is 24.4 Å². The molecule has 1 aliphatic carbocycles. The quantitative estimate of drug-likeness (QED) is 0.807. The highest BCUT2D eigenvalue weighted by molar-refractivity contribution is 7.11. The SMILES string of the molecule is CN(Cc1nc2c(s1)CCCC2)C(=O)[C@H]1CNC[C@@H]1c1cnn(C)c1.Cl.Cl. The molecule has 9 heteroatoms. The lowest BCUT2D eigenvalue weighted by Gasteiger charge is -2.23. The van der Waals surface area contributed by atoms with Gasteiger partial charge < -0.3 is 10.2 Å². The third kappa shape index (κ3) is 4.65. The molecule has 0 unspecified atom stereocenters. The standard InChI is InChI=1S/C18H25N5OS.2ClH/c1-22(11-17-21-15-5-3-4-6-16(15)25-17)18(24)14-9-19-8-13(14)12-7-20-23(2)10-12;;/h7,10,13-14,19H,3-6,8-9,11H2,1-2H3;2*1H/t13-,14+;;/m1../s1. The van der Waals surface area contributed by atoms with E-state index in [1.165, 1.54) is 23.4 Å². The highest BCUT2D eigenvalue weighted by Crippen LogP contribution is 2.31. The summed E-state index contributed by atoms with van der Waals surface area (Å²) in [4.78, 5) is 21.1. The number of carbonyl (C=O) groups excluding carboxylic acids is 1. The van der Waals surface area contributed by atoms with E-state index in [0.29, 0.717) is 6.54 Å². The van der Waals surface area contributed by atoms with Gasteiger partial charge in [-0.15, -0.1) is 36.2 Å². The summed E-state index contributed by atoms with van der Waals surface area (Å²) in [5.74, 6) is 0.379. The van der Waals surface area contributed by atoms with Gasteiger partial charge >= 0.3 is 0 Å². The van der Waals surface area contributed by atoms with Crippen LogP contribution in [-0.4, -0.2) is 45.7 Å². The zero-order chi connectivity index (χ0) is 17.4. The first-order chi connectivity index (χ1) is 12.1. The Morgan fingerprint density at radius 1 is 1.33 bits per heavy atom. The van der Waals surface area contributed by atoms with E-state index in [1.807, 2.05) is 31.4 Å². The first kappa shape index (κ1) is 22.1. The number of nitrogens with zero attached hydrogens (tertiary/aromatic N) is 4. The van der Waals surface area contributed by atoms with Crippen LogP contribution in [0.1, 0.15) is 39.9 Å². The van der Waals surface area contributed by atoms with Crippen LogP contribution in [0.4, 0.5) is 0 Å². The molecule has 1 saturated heterocycles. The van der Waals surface area contributed by atoms with Crippen LogP contribution in [0.25, 0.3) is 0 Å². The van der Waals surface area contributed by atoms with Crippen molar-refractivity contribution in [1.29, 1.82) is 0 Å². The topological polar surface area (TPSA) is 63.1 Å². The van der Waals surface area contributed by atoms with Crippen LogP contribution in [-0.2, 0) is 31.2 Å². The normalized spacial score (nSPS) is 21.1. The second-order valence-corrected chi connectivity index (χ2v) is 8.37. The Morgan fingerprint density at radius 2 is 2.11 bits per heavy atom. The van der Waals surface area contributed by atoms with Crippen molar-refractivity contribution in [2.45, 2.75) is 38.1 Å². The zero-order valence-corrected chi connectivity index (χ0v) is 18.1. The first-order valence-corrected chi connectivity index (χ1v) is 9.85. The Labute approximate surface area is 176 Å². The van der Waals surface area contributed by atoms with Gasteiger partial charge in [0, 0.05) is 44.2 Å². The van der Waals surface area contributed by atoms with Gasteiger partial charge in [0.15, 0.2) is 0 Å². The van der Waals surface area contributed by atoms with Crippen molar-refractivity contribution in [1.82, 2.24) is 25.0 Å². The molecule has 150 valence electrons. The number of fused-ring (bicyclic) bond motifs is 1. The smallest absolute Gasteiger partial charge is 0.227 e. The molecule has 0 aromatic carbocycles. The lowest BCUT2D eigenvalue weighted by molar-refractivity contribution is -0.134. The summed E-state index contributed by atoms with van der Waals surface area (Å²) < 4.78 is 1.80. The molecule has 0 spiro atoms. The van der Waals surface area contributed by atoms with Gasteiger partial charge in [-0.25, -0.2) is 4.98 Å². The molecule has 1 amide bonds.